The number of hydrogen-bond donors (Lipinski definition) is 1. The van der Waals surface area contributed by atoms with Crippen molar-refractivity contribution >= 4 is 33.3 Å². The van der Waals surface area contributed by atoms with E-state index in [0.717, 1.165) is 22.2 Å². The second-order valence-electron chi connectivity index (χ2n) is 9.81. The highest BCUT2D eigenvalue weighted by Gasteiger charge is 2.33. The Bertz CT molecular complexity index is 1740. The van der Waals surface area contributed by atoms with Gasteiger partial charge in [-0.05, 0) is 46.6 Å². The number of aromatic nitrogens is 2. The number of nitrogens with zero attached hydrogens (tertiary/aromatic N) is 4. The van der Waals surface area contributed by atoms with Crippen molar-refractivity contribution in [2.45, 2.75) is 25.9 Å². The molecule has 1 amide bonds. The van der Waals surface area contributed by atoms with Crippen LogP contribution in [0.2, 0.25) is 0 Å². The lowest BCUT2D eigenvalue weighted by Gasteiger charge is -2.26. The number of para-hydroxylation sites is 1. The third-order valence-electron chi connectivity index (χ3n) is 7.27. The molecule has 1 aliphatic rings. The van der Waals surface area contributed by atoms with Gasteiger partial charge in [0.2, 0.25) is 0 Å². The molecule has 0 saturated heterocycles. The van der Waals surface area contributed by atoms with Crippen LogP contribution < -0.4 is 5.56 Å². The molecule has 0 aliphatic carbocycles. The van der Waals surface area contributed by atoms with Crippen LogP contribution in [0.3, 0.4) is 0 Å². The standard InChI is InChI=1S/C32H29N5O2/c1-2-36(20-30-33-27-15-9-8-14-26(27)32(39)34-30)21-31(38)37-29(23-11-4-3-5-12-23)19-28(35-37)25-17-16-22-10-6-7-13-24(22)18-25/h3-18,29H,2,19-21H2,1H3,(H,33,34,39)/t29-/m0/s1. The first-order valence-electron chi connectivity index (χ1n) is 13.2. The number of hydrazone groups is 1. The third-order valence-corrected chi connectivity index (χ3v) is 7.27. The van der Waals surface area contributed by atoms with Gasteiger partial charge in [-0.15, -0.1) is 0 Å². The number of fused-ring (bicyclic) bond motifs is 2. The normalized spacial score (nSPS) is 15.3. The number of nitrogens with one attached hydrogen (secondary N) is 1. The summed E-state index contributed by atoms with van der Waals surface area (Å²) < 4.78 is 0. The van der Waals surface area contributed by atoms with Crippen molar-refractivity contribution in [3.05, 3.63) is 124 Å². The minimum absolute atomic E-state index is 0.0929. The van der Waals surface area contributed by atoms with Gasteiger partial charge < -0.3 is 4.98 Å². The monoisotopic (exact) mass is 515 g/mol. The summed E-state index contributed by atoms with van der Waals surface area (Å²) in [5.74, 6) is 0.444. The largest absolute Gasteiger partial charge is 0.309 e. The molecule has 0 unspecified atom stereocenters. The van der Waals surface area contributed by atoms with Crippen LogP contribution in [0.15, 0.2) is 107 Å². The van der Waals surface area contributed by atoms with Gasteiger partial charge in [0, 0.05) is 6.42 Å². The van der Waals surface area contributed by atoms with Crippen molar-refractivity contribution in [3.63, 3.8) is 0 Å². The molecule has 4 aromatic carbocycles. The number of H-pyrrole nitrogens is 1. The maximum absolute atomic E-state index is 13.7. The van der Waals surface area contributed by atoms with Gasteiger partial charge in [-0.25, -0.2) is 9.99 Å². The summed E-state index contributed by atoms with van der Waals surface area (Å²) in [6.07, 6.45) is 0.639. The van der Waals surface area contributed by atoms with Gasteiger partial charge in [-0.1, -0.05) is 85.8 Å². The van der Waals surface area contributed by atoms with Gasteiger partial charge in [-0.2, -0.15) is 5.10 Å². The van der Waals surface area contributed by atoms with Crippen molar-refractivity contribution < 1.29 is 4.79 Å². The average Bonchev–Trinajstić information content (AvgIpc) is 3.43. The number of likely N-dealkylation sites (N-methyl/N-ethyl adjacent to an activating group) is 1. The summed E-state index contributed by atoms with van der Waals surface area (Å²) in [6.45, 7) is 3.13. The number of carbonyl (C=O) groups is 1. The number of benzene rings is 4. The van der Waals surface area contributed by atoms with Gasteiger partial charge in [0.05, 0.1) is 35.7 Å². The Kier molecular flexibility index (Phi) is 6.73. The molecular formula is C32H29N5O2. The van der Waals surface area contributed by atoms with Crippen LogP contribution in [0.1, 0.15) is 36.3 Å². The van der Waals surface area contributed by atoms with E-state index in [1.807, 2.05) is 72.5 Å². The predicted molar refractivity (Wildman–Crippen MR) is 154 cm³/mol. The zero-order valence-corrected chi connectivity index (χ0v) is 21.7. The van der Waals surface area contributed by atoms with Gasteiger partial charge in [0.15, 0.2) is 0 Å². The van der Waals surface area contributed by atoms with Crippen LogP contribution in [-0.2, 0) is 11.3 Å². The molecule has 0 radical (unpaired) electrons. The topological polar surface area (TPSA) is 81.7 Å². The SMILES string of the molecule is CCN(CC(=O)N1N=C(c2ccc3ccccc3c2)C[C@H]1c1ccccc1)Cc1nc2ccccc2c(=O)[nH]1. The van der Waals surface area contributed by atoms with E-state index in [9.17, 15) is 9.59 Å². The van der Waals surface area contributed by atoms with Gasteiger partial charge in [0.25, 0.3) is 11.5 Å². The average molecular weight is 516 g/mol. The first-order valence-corrected chi connectivity index (χ1v) is 13.2. The Morgan fingerprint density at radius 1 is 0.949 bits per heavy atom. The zero-order valence-electron chi connectivity index (χ0n) is 21.7. The summed E-state index contributed by atoms with van der Waals surface area (Å²) in [7, 11) is 0. The van der Waals surface area contributed by atoms with Crippen LogP contribution in [0.4, 0.5) is 0 Å². The zero-order chi connectivity index (χ0) is 26.8. The lowest BCUT2D eigenvalue weighted by atomic mass is 9.97. The van der Waals surface area contributed by atoms with Gasteiger partial charge in [0.1, 0.15) is 5.82 Å². The van der Waals surface area contributed by atoms with Crippen molar-refractivity contribution in [1.82, 2.24) is 19.9 Å². The Balaban J connectivity index is 1.27. The van der Waals surface area contributed by atoms with Crippen LogP contribution in [0.25, 0.3) is 21.7 Å². The summed E-state index contributed by atoms with van der Waals surface area (Å²) in [6, 6.07) is 31.7. The van der Waals surface area contributed by atoms with Gasteiger partial charge >= 0.3 is 0 Å². The lowest BCUT2D eigenvalue weighted by molar-refractivity contribution is -0.134. The maximum Gasteiger partial charge on any atom is 0.258 e. The molecule has 1 aromatic heterocycles. The molecule has 5 aromatic rings. The molecule has 39 heavy (non-hydrogen) atoms. The fourth-order valence-corrected chi connectivity index (χ4v) is 5.18. The number of carbonyl (C=O) groups excluding carboxylic acids is 1. The van der Waals surface area contributed by atoms with E-state index in [0.29, 0.717) is 36.2 Å². The number of hydrogen-bond acceptors (Lipinski definition) is 5. The quantitative estimate of drug-likeness (QED) is 0.320. The fourth-order valence-electron chi connectivity index (χ4n) is 5.18. The van der Waals surface area contributed by atoms with E-state index in [-0.39, 0.29) is 24.1 Å². The van der Waals surface area contributed by atoms with Crippen molar-refractivity contribution in [2.75, 3.05) is 13.1 Å². The van der Waals surface area contributed by atoms with E-state index >= 15 is 0 Å². The number of aromatic amines is 1. The molecule has 7 heteroatoms. The molecule has 0 fully saturated rings. The minimum Gasteiger partial charge on any atom is -0.309 e. The third kappa shape index (κ3) is 5.09. The highest BCUT2D eigenvalue weighted by atomic mass is 16.2. The van der Waals surface area contributed by atoms with Crippen molar-refractivity contribution in [1.29, 1.82) is 0 Å². The van der Waals surface area contributed by atoms with Gasteiger partial charge in [-0.3, -0.25) is 14.5 Å². The highest BCUT2D eigenvalue weighted by molar-refractivity contribution is 6.05. The Labute approximate surface area is 226 Å². The molecule has 1 aliphatic heterocycles. The van der Waals surface area contributed by atoms with E-state index in [1.165, 1.54) is 5.39 Å². The molecule has 7 nitrogen and oxygen atoms in total. The summed E-state index contributed by atoms with van der Waals surface area (Å²) in [5, 5.41) is 9.38. The molecule has 1 atom stereocenters. The molecule has 6 rings (SSSR count). The summed E-state index contributed by atoms with van der Waals surface area (Å²) in [5.41, 5.74) is 3.44. The minimum atomic E-state index is -0.183. The van der Waals surface area contributed by atoms with Crippen molar-refractivity contribution in [2.24, 2.45) is 5.10 Å². The van der Waals surface area contributed by atoms with Crippen LogP contribution in [0.5, 0.6) is 0 Å². The van der Waals surface area contributed by atoms with Crippen LogP contribution in [0, 0.1) is 0 Å². The van der Waals surface area contributed by atoms with E-state index in [4.69, 9.17) is 5.10 Å². The van der Waals surface area contributed by atoms with Crippen molar-refractivity contribution in [3.8, 4) is 0 Å². The Hall–Kier alpha value is -4.62. The first-order chi connectivity index (χ1) is 19.1. The van der Waals surface area contributed by atoms with E-state index < -0.39 is 0 Å². The molecule has 0 bridgehead atoms. The molecule has 194 valence electrons. The molecular weight excluding hydrogens is 486 g/mol. The molecule has 1 N–H and O–H groups in total. The van der Waals surface area contributed by atoms with Crippen LogP contribution in [-0.4, -0.2) is 44.6 Å². The van der Waals surface area contributed by atoms with Crippen LogP contribution >= 0.6 is 0 Å². The molecule has 0 spiro atoms. The Morgan fingerprint density at radius 3 is 2.51 bits per heavy atom. The lowest BCUT2D eigenvalue weighted by Crippen LogP contribution is -2.38. The maximum atomic E-state index is 13.7. The molecule has 2 heterocycles. The smallest absolute Gasteiger partial charge is 0.258 e. The highest BCUT2D eigenvalue weighted by Crippen LogP contribution is 2.33. The predicted octanol–water partition coefficient (Wildman–Crippen LogP) is 5.28. The second-order valence-corrected chi connectivity index (χ2v) is 9.81. The molecule has 0 saturated carbocycles. The summed E-state index contributed by atoms with van der Waals surface area (Å²) >= 11 is 0. The number of amides is 1. The van der Waals surface area contributed by atoms with E-state index in [2.05, 4.69) is 40.3 Å². The first kappa shape index (κ1) is 24.7. The summed E-state index contributed by atoms with van der Waals surface area (Å²) in [4.78, 5) is 35.8. The fraction of sp³-hybridized carbons (Fsp3) is 0.188. The van der Waals surface area contributed by atoms with E-state index in [1.54, 1.807) is 11.1 Å². The Morgan fingerprint density at radius 2 is 1.69 bits per heavy atom. The number of rotatable bonds is 7. The second kappa shape index (κ2) is 10.6.